The highest BCUT2D eigenvalue weighted by Gasteiger charge is 2.09. The van der Waals surface area contributed by atoms with Crippen LogP contribution >= 0.6 is 0 Å². The summed E-state index contributed by atoms with van der Waals surface area (Å²) in [6.45, 7) is 3.79. The van der Waals surface area contributed by atoms with Crippen molar-refractivity contribution in [2.75, 3.05) is 30.0 Å². The summed E-state index contributed by atoms with van der Waals surface area (Å²) in [6.07, 6.45) is -0.0793. The molecule has 0 spiro atoms. The second-order valence-electron chi connectivity index (χ2n) is 3.98. The highest BCUT2D eigenvalue weighted by molar-refractivity contribution is 7.89. The summed E-state index contributed by atoms with van der Waals surface area (Å²) >= 11 is 0. The van der Waals surface area contributed by atoms with Crippen LogP contribution in [0.4, 0.5) is 11.9 Å². The molecule has 108 valence electrons. The molecule has 0 unspecified atom stereocenters. The number of primary sulfonamides is 1. The summed E-state index contributed by atoms with van der Waals surface area (Å²) in [5, 5.41) is 10.4. The molecule has 0 amide bonds. The second kappa shape index (κ2) is 6.48. The lowest BCUT2D eigenvalue weighted by Crippen LogP contribution is -2.23. The summed E-state index contributed by atoms with van der Waals surface area (Å²) in [4.78, 5) is 12.0. The van der Waals surface area contributed by atoms with Gasteiger partial charge in [-0.15, -0.1) is 0 Å². The van der Waals surface area contributed by atoms with Crippen LogP contribution in [0.15, 0.2) is 0 Å². The number of nitrogens with one attached hydrogen (secondary N) is 2. The highest BCUT2D eigenvalue weighted by Crippen LogP contribution is 2.11. The van der Waals surface area contributed by atoms with Gasteiger partial charge in [-0.3, -0.25) is 0 Å². The first-order valence-electron chi connectivity index (χ1n) is 5.65. The normalized spacial score (nSPS) is 11.4. The van der Waals surface area contributed by atoms with Crippen molar-refractivity contribution >= 4 is 21.9 Å². The molecule has 0 radical (unpaired) electrons. The summed E-state index contributed by atoms with van der Waals surface area (Å²) in [7, 11) is -1.86. The van der Waals surface area contributed by atoms with Gasteiger partial charge in [0.15, 0.2) is 0 Å². The van der Waals surface area contributed by atoms with Crippen LogP contribution in [-0.2, 0) is 10.0 Å². The average Bonchev–Trinajstić information content (AvgIpc) is 2.26. The molecule has 19 heavy (non-hydrogen) atoms. The van der Waals surface area contributed by atoms with E-state index in [1.54, 1.807) is 7.05 Å². The van der Waals surface area contributed by atoms with Crippen LogP contribution in [0.3, 0.4) is 0 Å². The Hall–Kier alpha value is -1.68. The second-order valence-corrected chi connectivity index (χ2v) is 5.71. The third-order valence-electron chi connectivity index (χ3n) is 1.85. The van der Waals surface area contributed by atoms with Crippen LogP contribution in [0.2, 0.25) is 0 Å². The minimum atomic E-state index is -3.52. The largest absolute Gasteiger partial charge is 0.461 e. The fourth-order valence-corrected chi connectivity index (χ4v) is 1.50. The number of anilines is 2. The Morgan fingerprint density at radius 2 is 1.89 bits per heavy atom. The van der Waals surface area contributed by atoms with Crippen LogP contribution in [0.25, 0.3) is 0 Å². The van der Waals surface area contributed by atoms with Gasteiger partial charge in [0.2, 0.25) is 21.9 Å². The molecule has 0 aliphatic heterocycles. The Labute approximate surface area is 112 Å². The smallest absolute Gasteiger partial charge is 0.323 e. The quantitative estimate of drug-likeness (QED) is 0.606. The minimum Gasteiger partial charge on any atom is -0.461 e. The third kappa shape index (κ3) is 6.15. The molecule has 0 fully saturated rings. The van der Waals surface area contributed by atoms with Gasteiger partial charge in [-0.2, -0.15) is 15.0 Å². The van der Waals surface area contributed by atoms with Crippen LogP contribution < -0.4 is 20.5 Å². The van der Waals surface area contributed by atoms with Crippen molar-refractivity contribution in [2.45, 2.75) is 20.0 Å². The molecule has 1 aromatic rings. The summed E-state index contributed by atoms with van der Waals surface area (Å²) < 4.78 is 27.0. The minimum absolute atomic E-state index is 0.0793. The summed E-state index contributed by atoms with van der Waals surface area (Å²) in [5.41, 5.74) is 0. The van der Waals surface area contributed by atoms with E-state index in [1.807, 2.05) is 13.8 Å². The summed E-state index contributed by atoms with van der Waals surface area (Å²) in [6, 6.07) is 0.160. The monoisotopic (exact) mass is 290 g/mol. The molecule has 0 bridgehead atoms. The molecule has 0 saturated heterocycles. The molecular weight excluding hydrogens is 272 g/mol. The van der Waals surface area contributed by atoms with Crippen molar-refractivity contribution in [1.82, 2.24) is 15.0 Å². The predicted octanol–water partition coefficient (Wildman–Crippen LogP) is -0.599. The van der Waals surface area contributed by atoms with Gasteiger partial charge < -0.3 is 15.4 Å². The molecule has 0 saturated carbocycles. The van der Waals surface area contributed by atoms with E-state index >= 15 is 0 Å². The lowest BCUT2D eigenvalue weighted by Gasteiger charge is -2.10. The van der Waals surface area contributed by atoms with Crippen LogP contribution in [0.1, 0.15) is 13.8 Å². The Morgan fingerprint density at radius 1 is 1.26 bits per heavy atom. The maximum Gasteiger partial charge on any atom is 0.323 e. The Morgan fingerprint density at radius 3 is 2.42 bits per heavy atom. The molecule has 9 nitrogen and oxygen atoms in total. The van der Waals surface area contributed by atoms with Crippen molar-refractivity contribution in [1.29, 1.82) is 0 Å². The molecule has 0 aliphatic rings. The Kier molecular flexibility index (Phi) is 5.24. The molecule has 0 aromatic carbocycles. The van der Waals surface area contributed by atoms with E-state index < -0.39 is 10.0 Å². The van der Waals surface area contributed by atoms with Crippen LogP contribution in [-0.4, -0.2) is 48.8 Å². The van der Waals surface area contributed by atoms with E-state index in [1.165, 1.54) is 0 Å². The van der Waals surface area contributed by atoms with Gasteiger partial charge in [-0.05, 0) is 13.8 Å². The molecule has 1 aromatic heterocycles. The van der Waals surface area contributed by atoms with E-state index in [0.717, 1.165) is 0 Å². The van der Waals surface area contributed by atoms with E-state index in [4.69, 9.17) is 9.88 Å². The topological polar surface area (TPSA) is 132 Å². The predicted molar refractivity (Wildman–Crippen MR) is 71.6 cm³/mol. The van der Waals surface area contributed by atoms with Crippen molar-refractivity contribution < 1.29 is 13.2 Å². The number of hydrogen-bond acceptors (Lipinski definition) is 8. The average molecular weight is 290 g/mol. The van der Waals surface area contributed by atoms with Crippen molar-refractivity contribution in [3.8, 4) is 6.01 Å². The number of hydrogen-bond donors (Lipinski definition) is 3. The molecule has 1 rings (SSSR count). The number of aromatic nitrogens is 3. The number of sulfonamides is 1. The van der Waals surface area contributed by atoms with Gasteiger partial charge in [0.05, 0.1) is 11.9 Å². The Bertz CT molecular complexity index is 519. The van der Waals surface area contributed by atoms with Crippen molar-refractivity contribution in [3.05, 3.63) is 0 Å². The van der Waals surface area contributed by atoms with Gasteiger partial charge >= 0.3 is 6.01 Å². The Balaban J connectivity index is 2.76. The molecular formula is C9H18N6O3S. The molecule has 4 N–H and O–H groups in total. The zero-order chi connectivity index (χ0) is 14.5. The number of ether oxygens (including phenoxy) is 1. The van der Waals surface area contributed by atoms with E-state index in [2.05, 4.69) is 25.6 Å². The first-order valence-corrected chi connectivity index (χ1v) is 7.36. The van der Waals surface area contributed by atoms with Gasteiger partial charge in [-0.25, -0.2) is 13.6 Å². The van der Waals surface area contributed by atoms with Crippen molar-refractivity contribution in [2.24, 2.45) is 5.14 Å². The first kappa shape index (κ1) is 15.4. The van der Waals surface area contributed by atoms with Gasteiger partial charge in [0, 0.05) is 13.6 Å². The fourth-order valence-electron chi connectivity index (χ4n) is 1.12. The number of nitrogens with two attached hydrogens (primary N) is 1. The fraction of sp³-hybridized carbons (Fsp3) is 0.667. The van der Waals surface area contributed by atoms with Crippen LogP contribution in [0, 0.1) is 0 Å². The zero-order valence-corrected chi connectivity index (χ0v) is 11.9. The van der Waals surface area contributed by atoms with E-state index in [-0.39, 0.29) is 30.4 Å². The molecule has 0 aliphatic carbocycles. The third-order valence-corrected chi connectivity index (χ3v) is 2.62. The maximum atomic E-state index is 10.8. The zero-order valence-electron chi connectivity index (χ0n) is 11.0. The first-order chi connectivity index (χ1) is 8.80. The van der Waals surface area contributed by atoms with E-state index in [9.17, 15) is 8.42 Å². The molecule has 10 heteroatoms. The molecule has 1 heterocycles. The lowest BCUT2D eigenvalue weighted by atomic mass is 10.5. The van der Waals surface area contributed by atoms with Crippen LogP contribution in [0.5, 0.6) is 6.01 Å². The highest BCUT2D eigenvalue weighted by atomic mass is 32.2. The summed E-state index contributed by atoms with van der Waals surface area (Å²) in [5.74, 6) is 0.330. The van der Waals surface area contributed by atoms with Gasteiger partial charge in [0.1, 0.15) is 0 Å². The van der Waals surface area contributed by atoms with E-state index in [0.29, 0.717) is 5.95 Å². The maximum absolute atomic E-state index is 10.8. The van der Waals surface area contributed by atoms with Gasteiger partial charge in [0.25, 0.3) is 0 Å². The van der Waals surface area contributed by atoms with Gasteiger partial charge in [-0.1, -0.05) is 0 Å². The standard InChI is InChI=1S/C9H18N6O3S/c1-6(2)18-9-14-7(11-3)13-8(15-9)12-4-5-19(10,16)17/h6H,4-5H2,1-3H3,(H2,10,16,17)(H2,11,12,13,14,15). The van der Waals surface area contributed by atoms with Crippen molar-refractivity contribution in [3.63, 3.8) is 0 Å². The lowest BCUT2D eigenvalue weighted by molar-refractivity contribution is 0.222. The SMILES string of the molecule is CNc1nc(NCCS(N)(=O)=O)nc(OC(C)C)n1. The number of rotatable bonds is 7. The number of nitrogens with zero attached hydrogens (tertiary/aromatic N) is 3. The molecule has 0 atom stereocenters.